The predicted octanol–water partition coefficient (Wildman–Crippen LogP) is 3.49. The molecule has 1 N–H and O–H groups in total. The van der Waals surface area contributed by atoms with Crippen molar-refractivity contribution in [2.75, 3.05) is 14.2 Å². The van der Waals surface area contributed by atoms with Crippen molar-refractivity contribution >= 4 is 16.8 Å². The number of nitrogens with zero attached hydrogens (tertiary/aromatic N) is 1. The second-order valence-corrected chi connectivity index (χ2v) is 5.73. The SMILES string of the molecule is COc1cc(CNC(=O)c2ccc(C)cc2OC)c2ccccc2n1. The first-order valence-electron chi connectivity index (χ1n) is 7.98. The maximum atomic E-state index is 12.6. The van der Waals surface area contributed by atoms with Crippen molar-refractivity contribution in [3.8, 4) is 11.6 Å². The number of hydrogen-bond donors (Lipinski definition) is 1. The van der Waals surface area contributed by atoms with Gasteiger partial charge in [-0.2, -0.15) is 0 Å². The lowest BCUT2D eigenvalue weighted by atomic mass is 10.1. The summed E-state index contributed by atoms with van der Waals surface area (Å²) < 4.78 is 10.6. The van der Waals surface area contributed by atoms with Gasteiger partial charge in [-0.05, 0) is 36.2 Å². The third kappa shape index (κ3) is 3.55. The van der Waals surface area contributed by atoms with E-state index in [1.54, 1.807) is 20.3 Å². The Labute approximate surface area is 146 Å². The maximum absolute atomic E-state index is 12.6. The number of para-hydroxylation sites is 1. The fourth-order valence-corrected chi connectivity index (χ4v) is 2.73. The summed E-state index contributed by atoms with van der Waals surface area (Å²) in [6.45, 7) is 2.33. The third-order valence-corrected chi connectivity index (χ3v) is 4.03. The zero-order valence-corrected chi connectivity index (χ0v) is 14.5. The molecule has 0 bridgehead atoms. The molecule has 1 amide bonds. The molecule has 1 aromatic heterocycles. The van der Waals surface area contributed by atoms with Crippen LogP contribution in [0.1, 0.15) is 21.5 Å². The van der Waals surface area contributed by atoms with Crippen LogP contribution in [0.15, 0.2) is 48.5 Å². The van der Waals surface area contributed by atoms with E-state index in [0.717, 1.165) is 22.0 Å². The van der Waals surface area contributed by atoms with Gasteiger partial charge in [0, 0.05) is 18.0 Å². The molecule has 5 heteroatoms. The standard InChI is InChI=1S/C20H20N2O3/c1-13-8-9-16(18(10-13)24-2)20(23)21-12-14-11-19(25-3)22-17-7-5-4-6-15(14)17/h4-11H,12H2,1-3H3,(H,21,23). The van der Waals surface area contributed by atoms with Gasteiger partial charge in [0.15, 0.2) is 0 Å². The minimum absolute atomic E-state index is 0.184. The number of methoxy groups -OCH3 is 2. The quantitative estimate of drug-likeness (QED) is 0.775. The van der Waals surface area contributed by atoms with Crippen LogP contribution in [0.3, 0.4) is 0 Å². The molecule has 3 rings (SSSR count). The predicted molar refractivity (Wildman–Crippen MR) is 97.2 cm³/mol. The number of fused-ring (bicyclic) bond motifs is 1. The first-order valence-corrected chi connectivity index (χ1v) is 7.98. The van der Waals surface area contributed by atoms with Gasteiger partial charge in [-0.3, -0.25) is 4.79 Å². The van der Waals surface area contributed by atoms with Crippen LogP contribution in [0.25, 0.3) is 10.9 Å². The Kier molecular flexibility index (Phi) is 4.84. The molecular weight excluding hydrogens is 316 g/mol. The number of carbonyl (C=O) groups is 1. The molecule has 1 heterocycles. The maximum Gasteiger partial charge on any atom is 0.255 e. The summed E-state index contributed by atoms with van der Waals surface area (Å²) >= 11 is 0. The zero-order valence-electron chi connectivity index (χ0n) is 14.5. The van der Waals surface area contributed by atoms with Crippen molar-refractivity contribution in [3.05, 3.63) is 65.2 Å². The summed E-state index contributed by atoms with van der Waals surface area (Å²) in [6, 6.07) is 15.1. The minimum atomic E-state index is -0.184. The minimum Gasteiger partial charge on any atom is -0.496 e. The van der Waals surface area contributed by atoms with Crippen LogP contribution in [0.2, 0.25) is 0 Å². The van der Waals surface area contributed by atoms with Crippen LogP contribution >= 0.6 is 0 Å². The van der Waals surface area contributed by atoms with E-state index < -0.39 is 0 Å². The van der Waals surface area contributed by atoms with Gasteiger partial charge in [0.1, 0.15) is 5.75 Å². The molecule has 0 spiro atoms. The number of aryl methyl sites for hydroxylation is 1. The van der Waals surface area contributed by atoms with Gasteiger partial charge >= 0.3 is 0 Å². The summed E-state index contributed by atoms with van der Waals surface area (Å²) in [7, 11) is 3.14. The van der Waals surface area contributed by atoms with E-state index in [1.807, 2.05) is 49.4 Å². The van der Waals surface area contributed by atoms with E-state index in [2.05, 4.69) is 10.3 Å². The Bertz CT molecular complexity index is 922. The molecule has 0 aliphatic carbocycles. The Hall–Kier alpha value is -3.08. The van der Waals surface area contributed by atoms with Crippen LogP contribution in [0.4, 0.5) is 0 Å². The largest absolute Gasteiger partial charge is 0.496 e. The van der Waals surface area contributed by atoms with E-state index in [4.69, 9.17) is 9.47 Å². The third-order valence-electron chi connectivity index (χ3n) is 4.03. The Morgan fingerprint density at radius 3 is 2.64 bits per heavy atom. The molecule has 0 radical (unpaired) electrons. The smallest absolute Gasteiger partial charge is 0.255 e. The van der Waals surface area contributed by atoms with Crippen molar-refractivity contribution in [2.24, 2.45) is 0 Å². The first-order chi connectivity index (χ1) is 12.1. The van der Waals surface area contributed by atoms with Gasteiger partial charge < -0.3 is 14.8 Å². The number of rotatable bonds is 5. The van der Waals surface area contributed by atoms with Crippen LogP contribution in [-0.2, 0) is 6.54 Å². The topological polar surface area (TPSA) is 60.5 Å². The summed E-state index contributed by atoms with van der Waals surface area (Å²) in [5, 5.41) is 3.94. The van der Waals surface area contributed by atoms with Crippen LogP contribution in [-0.4, -0.2) is 25.1 Å². The number of nitrogens with one attached hydrogen (secondary N) is 1. The van der Waals surface area contributed by atoms with E-state index in [0.29, 0.717) is 23.7 Å². The zero-order chi connectivity index (χ0) is 17.8. The average Bonchev–Trinajstić information content (AvgIpc) is 2.65. The number of carbonyl (C=O) groups excluding carboxylic acids is 1. The summed E-state index contributed by atoms with van der Waals surface area (Å²) in [5.74, 6) is 0.905. The van der Waals surface area contributed by atoms with Gasteiger partial charge in [-0.15, -0.1) is 0 Å². The molecule has 0 fully saturated rings. The fraction of sp³-hybridized carbons (Fsp3) is 0.200. The van der Waals surface area contributed by atoms with Crippen LogP contribution in [0, 0.1) is 6.92 Å². The van der Waals surface area contributed by atoms with Gasteiger partial charge in [0.2, 0.25) is 5.88 Å². The number of hydrogen-bond acceptors (Lipinski definition) is 4. The highest BCUT2D eigenvalue weighted by Crippen LogP contribution is 2.23. The highest BCUT2D eigenvalue weighted by molar-refractivity contribution is 5.97. The molecule has 0 aliphatic rings. The van der Waals surface area contributed by atoms with Gasteiger partial charge in [-0.1, -0.05) is 24.3 Å². The molecular formula is C20H20N2O3. The lowest BCUT2D eigenvalue weighted by Gasteiger charge is -2.12. The Morgan fingerprint density at radius 2 is 1.88 bits per heavy atom. The lowest BCUT2D eigenvalue weighted by molar-refractivity contribution is 0.0948. The molecule has 0 saturated carbocycles. The van der Waals surface area contributed by atoms with Gasteiger partial charge in [0.05, 0.1) is 25.3 Å². The Morgan fingerprint density at radius 1 is 1.08 bits per heavy atom. The van der Waals surface area contributed by atoms with E-state index in [9.17, 15) is 4.79 Å². The number of aromatic nitrogens is 1. The molecule has 0 atom stereocenters. The second kappa shape index (κ2) is 7.21. The normalized spacial score (nSPS) is 10.5. The Balaban J connectivity index is 1.86. The molecule has 0 saturated heterocycles. The molecule has 0 unspecified atom stereocenters. The first kappa shape index (κ1) is 16.8. The highest BCUT2D eigenvalue weighted by atomic mass is 16.5. The summed E-state index contributed by atoms with van der Waals surface area (Å²) in [6.07, 6.45) is 0. The second-order valence-electron chi connectivity index (χ2n) is 5.73. The van der Waals surface area contributed by atoms with E-state index in [1.165, 1.54) is 0 Å². The van der Waals surface area contributed by atoms with E-state index >= 15 is 0 Å². The fourth-order valence-electron chi connectivity index (χ4n) is 2.73. The number of ether oxygens (including phenoxy) is 2. The van der Waals surface area contributed by atoms with Crippen molar-refractivity contribution in [3.63, 3.8) is 0 Å². The number of amides is 1. The van der Waals surface area contributed by atoms with Crippen molar-refractivity contribution in [2.45, 2.75) is 13.5 Å². The number of benzene rings is 2. The molecule has 0 aliphatic heterocycles. The summed E-state index contributed by atoms with van der Waals surface area (Å²) in [5.41, 5.74) is 3.33. The molecule has 25 heavy (non-hydrogen) atoms. The van der Waals surface area contributed by atoms with Crippen molar-refractivity contribution < 1.29 is 14.3 Å². The molecule has 128 valence electrons. The lowest BCUT2D eigenvalue weighted by Crippen LogP contribution is -2.23. The average molecular weight is 336 g/mol. The van der Waals surface area contributed by atoms with Crippen molar-refractivity contribution in [1.82, 2.24) is 10.3 Å². The molecule has 3 aromatic rings. The number of pyridine rings is 1. The van der Waals surface area contributed by atoms with Crippen molar-refractivity contribution in [1.29, 1.82) is 0 Å². The van der Waals surface area contributed by atoms with Gasteiger partial charge in [-0.25, -0.2) is 4.98 Å². The van der Waals surface area contributed by atoms with Gasteiger partial charge in [0.25, 0.3) is 5.91 Å². The summed E-state index contributed by atoms with van der Waals surface area (Å²) in [4.78, 5) is 17.0. The monoisotopic (exact) mass is 336 g/mol. The molecule has 2 aromatic carbocycles. The van der Waals surface area contributed by atoms with Crippen LogP contribution in [0.5, 0.6) is 11.6 Å². The highest BCUT2D eigenvalue weighted by Gasteiger charge is 2.13. The van der Waals surface area contributed by atoms with E-state index in [-0.39, 0.29) is 5.91 Å². The molecule has 5 nitrogen and oxygen atoms in total. The van der Waals surface area contributed by atoms with Crippen LogP contribution < -0.4 is 14.8 Å².